The van der Waals surface area contributed by atoms with Gasteiger partial charge >= 0.3 is 5.97 Å². The summed E-state index contributed by atoms with van der Waals surface area (Å²) >= 11 is 0. The van der Waals surface area contributed by atoms with Gasteiger partial charge in [0, 0.05) is 0 Å². The Morgan fingerprint density at radius 3 is 2.23 bits per heavy atom. The number of hydrogen-bond acceptors (Lipinski definition) is 4. The summed E-state index contributed by atoms with van der Waals surface area (Å²) < 4.78 is 15.8. The highest BCUT2D eigenvalue weighted by atomic mass is 16.5. The van der Waals surface area contributed by atoms with Crippen LogP contribution in [0.5, 0.6) is 11.5 Å². The van der Waals surface area contributed by atoms with E-state index < -0.39 is 5.97 Å². The predicted molar refractivity (Wildman–Crippen MR) is 84.6 cm³/mol. The lowest BCUT2D eigenvalue weighted by Gasteiger charge is -2.12. The van der Waals surface area contributed by atoms with Crippen LogP contribution in [0.4, 0.5) is 0 Å². The molecule has 0 spiro atoms. The second kappa shape index (κ2) is 6.98. The summed E-state index contributed by atoms with van der Waals surface area (Å²) in [6.45, 7) is 4.56. The van der Waals surface area contributed by atoms with E-state index in [1.807, 2.05) is 0 Å². The smallest absolute Gasteiger partial charge is 0.337 e. The molecule has 2 aromatic rings. The maximum absolute atomic E-state index is 11.5. The van der Waals surface area contributed by atoms with Crippen molar-refractivity contribution >= 4 is 5.97 Å². The zero-order valence-electron chi connectivity index (χ0n) is 13.3. The van der Waals surface area contributed by atoms with Crippen molar-refractivity contribution in [3.05, 3.63) is 58.7 Å². The summed E-state index contributed by atoms with van der Waals surface area (Å²) in [5.41, 5.74) is 3.92. The van der Waals surface area contributed by atoms with Crippen LogP contribution in [0, 0.1) is 13.8 Å². The Hall–Kier alpha value is -2.49. The fourth-order valence-electron chi connectivity index (χ4n) is 2.35. The Morgan fingerprint density at radius 2 is 1.64 bits per heavy atom. The monoisotopic (exact) mass is 300 g/mol. The van der Waals surface area contributed by atoms with Crippen molar-refractivity contribution in [3.63, 3.8) is 0 Å². The summed E-state index contributed by atoms with van der Waals surface area (Å²) in [4.78, 5) is 11.5. The number of carbonyl (C=O) groups excluding carboxylic acids is 1. The van der Waals surface area contributed by atoms with E-state index in [4.69, 9.17) is 14.2 Å². The van der Waals surface area contributed by atoms with Crippen molar-refractivity contribution in [2.75, 3.05) is 14.2 Å². The molecule has 116 valence electrons. The number of benzene rings is 2. The predicted octanol–water partition coefficient (Wildman–Crippen LogP) is 3.68. The van der Waals surface area contributed by atoms with Gasteiger partial charge in [-0.25, -0.2) is 4.79 Å². The van der Waals surface area contributed by atoms with E-state index in [9.17, 15) is 4.79 Å². The highest BCUT2D eigenvalue weighted by Gasteiger charge is 2.11. The third-order valence-electron chi connectivity index (χ3n) is 3.26. The Bertz CT molecular complexity index is 657. The van der Waals surface area contributed by atoms with Crippen LogP contribution in [0.2, 0.25) is 0 Å². The molecule has 2 aromatic carbocycles. The third-order valence-corrected chi connectivity index (χ3v) is 3.26. The molecular weight excluding hydrogens is 280 g/mol. The minimum Gasteiger partial charge on any atom is -0.493 e. The summed E-state index contributed by atoms with van der Waals surface area (Å²) in [7, 11) is 2.89. The van der Waals surface area contributed by atoms with Gasteiger partial charge in [-0.2, -0.15) is 0 Å². The maximum atomic E-state index is 11.5. The van der Waals surface area contributed by atoms with Gasteiger partial charge in [0.15, 0.2) is 11.5 Å². The second-order valence-corrected chi connectivity index (χ2v) is 5.14. The van der Waals surface area contributed by atoms with Gasteiger partial charge < -0.3 is 14.2 Å². The van der Waals surface area contributed by atoms with Crippen LogP contribution < -0.4 is 9.47 Å². The van der Waals surface area contributed by atoms with E-state index in [1.54, 1.807) is 25.3 Å². The Morgan fingerprint density at radius 1 is 0.955 bits per heavy atom. The molecule has 0 unspecified atom stereocenters. The van der Waals surface area contributed by atoms with Crippen molar-refractivity contribution in [1.29, 1.82) is 0 Å². The van der Waals surface area contributed by atoms with E-state index >= 15 is 0 Å². The van der Waals surface area contributed by atoms with E-state index in [0.29, 0.717) is 23.7 Å². The molecule has 0 aliphatic heterocycles. The van der Waals surface area contributed by atoms with E-state index in [1.165, 1.54) is 18.2 Å². The summed E-state index contributed by atoms with van der Waals surface area (Å²) in [5.74, 6) is 0.695. The maximum Gasteiger partial charge on any atom is 0.337 e. The molecule has 0 amide bonds. The number of ether oxygens (including phenoxy) is 3. The van der Waals surface area contributed by atoms with Gasteiger partial charge in [-0.15, -0.1) is 0 Å². The zero-order chi connectivity index (χ0) is 16.1. The standard InChI is InChI=1S/C18H20O4/c1-12-7-13(2)9-14(8-12)11-22-16-6-5-15(18(19)21-4)10-17(16)20-3/h5-10H,11H2,1-4H3. The van der Waals surface area contributed by atoms with Crippen LogP contribution in [-0.4, -0.2) is 20.2 Å². The quantitative estimate of drug-likeness (QED) is 0.790. The number of rotatable bonds is 5. The van der Waals surface area contributed by atoms with Crippen LogP contribution in [0.15, 0.2) is 36.4 Å². The van der Waals surface area contributed by atoms with Crippen LogP contribution in [0.1, 0.15) is 27.0 Å². The molecule has 0 aromatic heterocycles. The molecule has 0 atom stereocenters. The lowest BCUT2D eigenvalue weighted by Crippen LogP contribution is -2.03. The fraction of sp³-hybridized carbons (Fsp3) is 0.278. The number of carbonyl (C=O) groups is 1. The third kappa shape index (κ3) is 3.79. The highest BCUT2D eigenvalue weighted by molar-refractivity contribution is 5.90. The average molecular weight is 300 g/mol. The number of aryl methyl sites for hydroxylation is 2. The summed E-state index contributed by atoms with van der Waals surface area (Å²) in [6, 6.07) is 11.3. The molecule has 2 rings (SSSR count). The lowest BCUT2D eigenvalue weighted by molar-refractivity contribution is 0.0600. The largest absolute Gasteiger partial charge is 0.493 e. The van der Waals surface area contributed by atoms with E-state index in [0.717, 1.165) is 5.56 Å². The van der Waals surface area contributed by atoms with Crippen LogP contribution in [-0.2, 0) is 11.3 Å². The van der Waals surface area contributed by atoms with Crippen molar-refractivity contribution in [1.82, 2.24) is 0 Å². The Balaban J connectivity index is 2.17. The Labute approximate surface area is 130 Å². The minimum atomic E-state index is -0.404. The molecule has 0 radical (unpaired) electrons. The van der Waals surface area contributed by atoms with Crippen molar-refractivity contribution < 1.29 is 19.0 Å². The highest BCUT2D eigenvalue weighted by Crippen LogP contribution is 2.29. The first-order valence-electron chi connectivity index (χ1n) is 7.00. The normalized spacial score (nSPS) is 10.2. The van der Waals surface area contributed by atoms with Crippen LogP contribution >= 0.6 is 0 Å². The van der Waals surface area contributed by atoms with Gasteiger partial charge in [-0.3, -0.25) is 0 Å². The first-order valence-corrected chi connectivity index (χ1v) is 7.00. The van der Waals surface area contributed by atoms with E-state index in [2.05, 4.69) is 32.0 Å². The van der Waals surface area contributed by atoms with Gasteiger partial charge in [-0.05, 0) is 37.6 Å². The molecule has 0 saturated heterocycles. The van der Waals surface area contributed by atoms with Crippen molar-refractivity contribution in [3.8, 4) is 11.5 Å². The van der Waals surface area contributed by atoms with Gasteiger partial charge in [0.25, 0.3) is 0 Å². The van der Waals surface area contributed by atoms with E-state index in [-0.39, 0.29) is 0 Å². The van der Waals surface area contributed by atoms with Crippen molar-refractivity contribution in [2.24, 2.45) is 0 Å². The van der Waals surface area contributed by atoms with Crippen molar-refractivity contribution in [2.45, 2.75) is 20.5 Å². The minimum absolute atomic E-state index is 0.404. The molecule has 0 saturated carbocycles. The van der Waals surface area contributed by atoms with Crippen LogP contribution in [0.25, 0.3) is 0 Å². The first-order chi connectivity index (χ1) is 10.5. The van der Waals surface area contributed by atoms with Gasteiger partial charge in [-0.1, -0.05) is 29.3 Å². The van der Waals surface area contributed by atoms with Gasteiger partial charge in [0.2, 0.25) is 0 Å². The molecule has 0 aliphatic rings. The molecule has 0 heterocycles. The lowest BCUT2D eigenvalue weighted by atomic mass is 10.1. The number of methoxy groups -OCH3 is 2. The SMILES string of the molecule is COC(=O)c1ccc(OCc2cc(C)cc(C)c2)c(OC)c1. The first kappa shape index (κ1) is 15.9. The van der Waals surface area contributed by atoms with Gasteiger partial charge in [0.05, 0.1) is 19.8 Å². The topological polar surface area (TPSA) is 44.8 Å². The molecule has 4 nitrogen and oxygen atoms in total. The molecule has 0 aliphatic carbocycles. The number of esters is 1. The zero-order valence-corrected chi connectivity index (χ0v) is 13.3. The summed E-state index contributed by atoms with van der Waals surface area (Å²) in [6.07, 6.45) is 0. The molecule has 0 N–H and O–H groups in total. The fourth-order valence-corrected chi connectivity index (χ4v) is 2.35. The molecule has 4 heteroatoms. The molecule has 0 bridgehead atoms. The van der Waals surface area contributed by atoms with Crippen LogP contribution in [0.3, 0.4) is 0 Å². The Kier molecular flexibility index (Phi) is 5.04. The molecule has 22 heavy (non-hydrogen) atoms. The number of hydrogen-bond donors (Lipinski definition) is 0. The average Bonchev–Trinajstić information content (AvgIpc) is 2.51. The van der Waals surface area contributed by atoms with Gasteiger partial charge in [0.1, 0.15) is 6.61 Å². The second-order valence-electron chi connectivity index (χ2n) is 5.14. The molecular formula is C18H20O4. The summed E-state index contributed by atoms with van der Waals surface area (Å²) in [5, 5.41) is 0. The molecule has 0 fully saturated rings.